The maximum absolute atomic E-state index is 11.5. The van der Waals surface area contributed by atoms with Gasteiger partial charge in [-0.1, -0.05) is 23.2 Å². The van der Waals surface area contributed by atoms with E-state index in [9.17, 15) is 4.79 Å². The van der Waals surface area contributed by atoms with E-state index in [0.717, 1.165) is 5.52 Å². The minimum atomic E-state index is -0.133. The van der Waals surface area contributed by atoms with Gasteiger partial charge in [-0.3, -0.25) is 4.79 Å². The van der Waals surface area contributed by atoms with Crippen molar-refractivity contribution in [3.05, 3.63) is 28.0 Å². The first-order chi connectivity index (χ1) is 8.56. The number of rotatable bonds is 3. The van der Waals surface area contributed by atoms with Crippen LogP contribution >= 0.6 is 34.8 Å². The van der Waals surface area contributed by atoms with E-state index >= 15 is 0 Å². The Labute approximate surface area is 119 Å². The number of nitrogens with one attached hydrogen (secondary N) is 1. The fourth-order valence-corrected chi connectivity index (χ4v) is 2.19. The normalized spacial score (nSPS) is 10.9. The van der Waals surface area contributed by atoms with E-state index in [2.05, 4.69) is 10.3 Å². The van der Waals surface area contributed by atoms with Gasteiger partial charge in [0, 0.05) is 7.05 Å². The van der Waals surface area contributed by atoms with Crippen molar-refractivity contribution < 1.29 is 4.79 Å². The summed E-state index contributed by atoms with van der Waals surface area (Å²) < 4.78 is 1.73. The Hall–Kier alpha value is -0.970. The van der Waals surface area contributed by atoms with Crippen molar-refractivity contribution in [3.8, 4) is 0 Å². The van der Waals surface area contributed by atoms with Gasteiger partial charge in [0.25, 0.3) is 0 Å². The third-order valence-electron chi connectivity index (χ3n) is 2.57. The molecule has 0 aliphatic rings. The van der Waals surface area contributed by atoms with E-state index in [0.29, 0.717) is 21.4 Å². The molecule has 1 aromatic carbocycles. The molecule has 1 N–H and O–H groups in total. The molecule has 2 rings (SSSR count). The van der Waals surface area contributed by atoms with Crippen molar-refractivity contribution in [2.24, 2.45) is 0 Å². The lowest BCUT2D eigenvalue weighted by molar-refractivity contribution is -0.121. The van der Waals surface area contributed by atoms with E-state index in [1.54, 1.807) is 23.7 Å². The van der Waals surface area contributed by atoms with Crippen molar-refractivity contribution in [1.82, 2.24) is 14.9 Å². The van der Waals surface area contributed by atoms with Gasteiger partial charge in [-0.2, -0.15) is 0 Å². The number of nitrogens with zero attached hydrogens (tertiary/aromatic N) is 2. The number of hydrogen-bond donors (Lipinski definition) is 1. The van der Waals surface area contributed by atoms with Crippen LogP contribution in [0.5, 0.6) is 0 Å². The van der Waals surface area contributed by atoms with Crippen molar-refractivity contribution >= 4 is 51.7 Å². The molecule has 0 saturated carbocycles. The molecule has 0 fully saturated rings. The molecule has 0 aliphatic carbocycles. The molecule has 7 heteroatoms. The number of likely N-dealkylation sites (N-methyl/N-ethyl adjacent to an activating group) is 1. The van der Waals surface area contributed by atoms with Crippen LogP contribution in [0, 0.1) is 0 Å². The van der Waals surface area contributed by atoms with E-state index in [-0.39, 0.29) is 18.3 Å². The molecule has 96 valence electrons. The van der Waals surface area contributed by atoms with Crippen molar-refractivity contribution in [3.63, 3.8) is 0 Å². The van der Waals surface area contributed by atoms with Crippen molar-refractivity contribution in [2.75, 3.05) is 7.05 Å². The minimum Gasteiger partial charge on any atom is -0.358 e. The number of carbonyl (C=O) groups is 1. The summed E-state index contributed by atoms with van der Waals surface area (Å²) in [5.41, 5.74) is 1.41. The van der Waals surface area contributed by atoms with Crippen LogP contribution in [0.25, 0.3) is 11.0 Å². The van der Waals surface area contributed by atoms with Crippen molar-refractivity contribution in [2.45, 2.75) is 12.4 Å². The molecular weight excluding hydrogens is 297 g/mol. The molecule has 2 aromatic rings. The van der Waals surface area contributed by atoms with Crippen LogP contribution in [-0.4, -0.2) is 22.5 Å². The second kappa shape index (κ2) is 5.34. The average Bonchev–Trinajstić information content (AvgIpc) is 2.67. The molecule has 4 nitrogen and oxygen atoms in total. The van der Waals surface area contributed by atoms with Gasteiger partial charge in [0.2, 0.25) is 5.91 Å². The standard InChI is InChI=1S/C11H10Cl3N3O/c1-15-11(18)5-17-9-3-7(14)6(13)2-8(9)16-10(17)4-12/h2-3H,4-5H2,1H3,(H,15,18). The van der Waals surface area contributed by atoms with Crippen LogP contribution in [0.2, 0.25) is 10.0 Å². The highest BCUT2D eigenvalue weighted by Gasteiger charge is 2.14. The second-order valence-electron chi connectivity index (χ2n) is 3.68. The summed E-state index contributed by atoms with van der Waals surface area (Å²) in [6.07, 6.45) is 0. The number of halogens is 3. The van der Waals surface area contributed by atoms with Crippen LogP contribution < -0.4 is 5.32 Å². The SMILES string of the molecule is CNC(=O)Cn1c(CCl)nc2cc(Cl)c(Cl)cc21. The highest BCUT2D eigenvalue weighted by molar-refractivity contribution is 6.42. The number of imidazole rings is 1. The molecule has 0 radical (unpaired) electrons. The number of hydrogen-bond acceptors (Lipinski definition) is 2. The van der Waals surface area contributed by atoms with Crippen molar-refractivity contribution in [1.29, 1.82) is 0 Å². The zero-order chi connectivity index (χ0) is 13.3. The summed E-state index contributed by atoms with van der Waals surface area (Å²) in [5.74, 6) is 0.682. The molecule has 0 spiro atoms. The second-order valence-corrected chi connectivity index (χ2v) is 4.76. The molecule has 1 aromatic heterocycles. The van der Waals surface area contributed by atoms with Gasteiger partial charge < -0.3 is 9.88 Å². The highest BCUT2D eigenvalue weighted by atomic mass is 35.5. The molecular formula is C11H10Cl3N3O. The Bertz CT molecular complexity index is 609. The topological polar surface area (TPSA) is 46.9 Å². The molecule has 0 aliphatic heterocycles. The Morgan fingerprint density at radius 1 is 1.39 bits per heavy atom. The predicted molar refractivity (Wildman–Crippen MR) is 73.4 cm³/mol. The first kappa shape index (κ1) is 13.5. The molecule has 0 saturated heterocycles. The summed E-state index contributed by atoms with van der Waals surface area (Å²) in [4.78, 5) is 15.8. The van der Waals surface area contributed by atoms with Gasteiger partial charge in [-0.25, -0.2) is 4.98 Å². The van der Waals surface area contributed by atoms with Crippen LogP contribution in [0.1, 0.15) is 5.82 Å². The first-order valence-electron chi connectivity index (χ1n) is 5.17. The lowest BCUT2D eigenvalue weighted by atomic mass is 10.3. The Morgan fingerprint density at radius 3 is 2.67 bits per heavy atom. The van der Waals surface area contributed by atoms with Crippen LogP contribution in [0.4, 0.5) is 0 Å². The Kier molecular flexibility index (Phi) is 4.00. The zero-order valence-corrected chi connectivity index (χ0v) is 11.8. The maximum Gasteiger partial charge on any atom is 0.239 e. The van der Waals surface area contributed by atoms with Gasteiger partial charge in [0.05, 0.1) is 27.0 Å². The lowest BCUT2D eigenvalue weighted by Gasteiger charge is -2.06. The summed E-state index contributed by atoms with van der Waals surface area (Å²) in [6.45, 7) is 0.146. The number of aromatic nitrogens is 2. The fraction of sp³-hybridized carbons (Fsp3) is 0.273. The summed E-state index contributed by atoms with van der Waals surface area (Å²) in [6, 6.07) is 3.35. The predicted octanol–water partition coefficient (Wildman–Crippen LogP) is 2.83. The van der Waals surface area contributed by atoms with Gasteiger partial charge in [0.1, 0.15) is 12.4 Å². The zero-order valence-electron chi connectivity index (χ0n) is 9.51. The molecule has 1 heterocycles. The number of amides is 1. The maximum atomic E-state index is 11.5. The Morgan fingerprint density at radius 2 is 2.06 bits per heavy atom. The number of fused-ring (bicyclic) bond motifs is 1. The van der Waals surface area contributed by atoms with Gasteiger partial charge >= 0.3 is 0 Å². The largest absolute Gasteiger partial charge is 0.358 e. The van der Waals surface area contributed by atoms with Crippen LogP contribution in [0.15, 0.2) is 12.1 Å². The minimum absolute atomic E-state index is 0.133. The summed E-state index contributed by atoms with van der Waals surface area (Å²) in [5, 5.41) is 3.40. The van der Waals surface area contributed by atoms with Crippen LogP contribution in [-0.2, 0) is 17.2 Å². The van der Waals surface area contributed by atoms with E-state index < -0.39 is 0 Å². The number of alkyl halides is 1. The number of carbonyl (C=O) groups excluding carboxylic acids is 1. The van der Waals surface area contributed by atoms with Gasteiger partial charge in [0.15, 0.2) is 0 Å². The summed E-state index contributed by atoms with van der Waals surface area (Å²) in [7, 11) is 1.58. The molecule has 1 amide bonds. The monoisotopic (exact) mass is 305 g/mol. The van der Waals surface area contributed by atoms with Gasteiger partial charge in [-0.05, 0) is 12.1 Å². The summed E-state index contributed by atoms with van der Waals surface area (Å²) >= 11 is 17.7. The van der Waals surface area contributed by atoms with Gasteiger partial charge in [-0.15, -0.1) is 11.6 Å². The van der Waals surface area contributed by atoms with E-state index in [1.165, 1.54) is 0 Å². The molecule has 18 heavy (non-hydrogen) atoms. The molecule has 0 atom stereocenters. The Balaban J connectivity index is 2.61. The fourth-order valence-electron chi connectivity index (χ4n) is 1.67. The quantitative estimate of drug-likeness (QED) is 0.886. The third-order valence-corrected chi connectivity index (χ3v) is 3.53. The van der Waals surface area contributed by atoms with Crippen LogP contribution in [0.3, 0.4) is 0 Å². The lowest BCUT2D eigenvalue weighted by Crippen LogP contribution is -2.24. The molecule has 0 unspecified atom stereocenters. The highest BCUT2D eigenvalue weighted by Crippen LogP contribution is 2.28. The average molecular weight is 307 g/mol. The van der Waals surface area contributed by atoms with E-state index in [1.807, 2.05) is 0 Å². The number of benzene rings is 1. The first-order valence-corrected chi connectivity index (χ1v) is 6.46. The smallest absolute Gasteiger partial charge is 0.239 e. The van der Waals surface area contributed by atoms with E-state index in [4.69, 9.17) is 34.8 Å². The molecule has 0 bridgehead atoms. The third kappa shape index (κ3) is 2.41.